The molecule has 0 amide bonds. The van der Waals surface area contributed by atoms with Crippen LogP contribution in [0.15, 0.2) is 42.6 Å². The summed E-state index contributed by atoms with van der Waals surface area (Å²) >= 11 is 0. The summed E-state index contributed by atoms with van der Waals surface area (Å²) in [7, 11) is 0. The summed E-state index contributed by atoms with van der Waals surface area (Å²) < 4.78 is 37.3. The van der Waals surface area contributed by atoms with Crippen molar-refractivity contribution < 1.29 is 18.3 Å². The fraction of sp³-hybridized carbons (Fsp3) is 0.267. The first-order chi connectivity index (χ1) is 9.38. The van der Waals surface area contributed by atoms with E-state index in [1.54, 1.807) is 12.3 Å². The molecule has 1 aromatic carbocycles. The van der Waals surface area contributed by atoms with E-state index >= 15 is 0 Å². The van der Waals surface area contributed by atoms with Crippen molar-refractivity contribution >= 4 is 0 Å². The van der Waals surface area contributed by atoms with Gasteiger partial charge >= 0.3 is 6.18 Å². The average molecular weight is 281 g/mol. The SMILES string of the molecule is Cc1cccnc1CC(O)c1ccc(C(F)(F)F)cc1. The molecule has 0 aliphatic rings. The molecule has 20 heavy (non-hydrogen) atoms. The Hall–Kier alpha value is -1.88. The molecule has 0 fully saturated rings. The van der Waals surface area contributed by atoms with E-state index in [2.05, 4.69) is 4.98 Å². The summed E-state index contributed by atoms with van der Waals surface area (Å²) in [6.07, 6.45) is -3.33. The van der Waals surface area contributed by atoms with Gasteiger partial charge in [-0.05, 0) is 36.2 Å². The zero-order chi connectivity index (χ0) is 14.8. The van der Waals surface area contributed by atoms with Gasteiger partial charge in [0.25, 0.3) is 0 Å². The molecule has 0 bridgehead atoms. The number of halogens is 3. The van der Waals surface area contributed by atoms with Gasteiger partial charge in [0.15, 0.2) is 0 Å². The number of alkyl halides is 3. The van der Waals surface area contributed by atoms with Crippen LogP contribution >= 0.6 is 0 Å². The Morgan fingerprint density at radius 1 is 1.15 bits per heavy atom. The highest BCUT2D eigenvalue weighted by Crippen LogP contribution is 2.30. The predicted molar refractivity (Wildman–Crippen MR) is 69.1 cm³/mol. The average Bonchev–Trinajstić information content (AvgIpc) is 2.40. The van der Waals surface area contributed by atoms with Crippen molar-refractivity contribution in [1.29, 1.82) is 0 Å². The Kier molecular flexibility index (Phi) is 4.09. The lowest BCUT2D eigenvalue weighted by atomic mass is 10.0. The molecule has 1 aromatic heterocycles. The van der Waals surface area contributed by atoms with Crippen molar-refractivity contribution in [2.75, 3.05) is 0 Å². The second-order valence-electron chi connectivity index (χ2n) is 4.61. The molecule has 0 saturated heterocycles. The van der Waals surface area contributed by atoms with Gasteiger partial charge in [0.2, 0.25) is 0 Å². The zero-order valence-corrected chi connectivity index (χ0v) is 10.9. The summed E-state index contributed by atoms with van der Waals surface area (Å²) in [5.41, 5.74) is 1.41. The number of rotatable bonds is 3. The van der Waals surface area contributed by atoms with Gasteiger partial charge in [-0.3, -0.25) is 4.98 Å². The molecule has 106 valence electrons. The lowest BCUT2D eigenvalue weighted by molar-refractivity contribution is -0.137. The molecule has 1 atom stereocenters. The zero-order valence-electron chi connectivity index (χ0n) is 10.9. The van der Waals surface area contributed by atoms with Crippen molar-refractivity contribution in [3.8, 4) is 0 Å². The molecule has 0 radical (unpaired) electrons. The second-order valence-corrected chi connectivity index (χ2v) is 4.61. The first kappa shape index (κ1) is 14.5. The maximum atomic E-state index is 12.4. The smallest absolute Gasteiger partial charge is 0.388 e. The van der Waals surface area contributed by atoms with Crippen molar-refractivity contribution in [2.45, 2.75) is 25.6 Å². The highest BCUT2D eigenvalue weighted by atomic mass is 19.4. The Bertz CT molecular complexity index is 578. The molecular weight excluding hydrogens is 267 g/mol. The minimum absolute atomic E-state index is 0.276. The molecule has 1 unspecified atom stereocenters. The van der Waals surface area contributed by atoms with Crippen LogP contribution in [0.2, 0.25) is 0 Å². The van der Waals surface area contributed by atoms with E-state index in [9.17, 15) is 18.3 Å². The Morgan fingerprint density at radius 2 is 1.80 bits per heavy atom. The lowest BCUT2D eigenvalue weighted by Crippen LogP contribution is -2.07. The standard InChI is InChI=1S/C15H14F3NO/c1-10-3-2-8-19-13(10)9-14(20)11-4-6-12(7-5-11)15(16,17)18/h2-8,14,20H,9H2,1H3. The van der Waals surface area contributed by atoms with Crippen molar-refractivity contribution in [2.24, 2.45) is 0 Å². The Morgan fingerprint density at radius 3 is 2.35 bits per heavy atom. The van der Waals surface area contributed by atoms with Crippen LogP contribution in [0.1, 0.15) is 28.5 Å². The number of benzene rings is 1. The van der Waals surface area contributed by atoms with E-state index in [0.29, 0.717) is 5.56 Å². The molecular formula is C15H14F3NO. The first-order valence-corrected chi connectivity index (χ1v) is 6.13. The molecule has 2 aromatic rings. The van der Waals surface area contributed by atoms with Crippen LogP contribution < -0.4 is 0 Å². The van der Waals surface area contributed by atoms with E-state index in [4.69, 9.17) is 0 Å². The number of hydrogen-bond acceptors (Lipinski definition) is 2. The van der Waals surface area contributed by atoms with E-state index in [-0.39, 0.29) is 6.42 Å². The molecule has 2 nitrogen and oxygen atoms in total. The molecule has 0 aliphatic heterocycles. The van der Waals surface area contributed by atoms with E-state index in [1.807, 2.05) is 13.0 Å². The van der Waals surface area contributed by atoms with Gasteiger partial charge in [0, 0.05) is 18.3 Å². The Balaban J connectivity index is 2.14. The monoisotopic (exact) mass is 281 g/mol. The minimum Gasteiger partial charge on any atom is -0.388 e. The van der Waals surface area contributed by atoms with Gasteiger partial charge < -0.3 is 5.11 Å². The molecule has 1 heterocycles. The van der Waals surface area contributed by atoms with E-state index in [1.165, 1.54) is 12.1 Å². The summed E-state index contributed by atoms with van der Waals surface area (Å²) in [6.45, 7) is 1.88. The maximum absolute atomic E-state index is 12.4. The van der Waals surface area contributed by atoms with Crippen molar-refractivity contribution in [3.05, 3.63) is 65.0 Å². The number of pyridine rings is 1. The quantitative estimate of drug-likeness (QED) is 0.930. The topological polar surface area (TPSA) is 33.1 Å². The summed E-state index contributed by atoms with van der Waals surface area (Å²) in [5, 5.41) is 10.1. The maximum Gasteiger partial charge on any atom is 0.416 e. The van der Waals surface area contributed by atoms with Crippen LogP contribution in [-0.4, -0.2) is 10.1 Å². The fourth-order valence-electron chi connectivity index (χ4n) is 1.93. The fourth-order valence-corrected chi connectivity index (χ4v) is 1.93. The van der Waals surface area contributed by atoms with Gasteiger partial charge in [0.1, 0.15) is 0 Å². The number of aliphatic hydroxyl groups is 1. The minimum atomic E-state index is -4.36. The second kappa shape index (κ2) is 5.63. The molecule has 2 rings (SSSR count). The van der Waals surface area contributed by atoms with Crippen LogP contribution in [-0.2, 0) is 12.6 Å². The van der Waals surface area contributed by atoms with Gasteiger partial charge in [-0.15, -0.1) is 0 Å². The third kappa shape index (κ3) is 3.36. The molecule has 0 saturated carbocycles. The predicted octanol–water partition coefficient (Wildman–Crippen LogP) is 3.68. The van der Waals surface area contributed by atoms with Crippen LogP contribution in [0, 0.1) is 6.92 Å². The Labute approximate surface area is 114 Å². The number of aryl methyl sites for hydroxylation is 1. The van der Waals surface area contributed by atoms with Crippen LogP contribution in [0.3, 0.4) is 0 Å². The molecule has 1 N–H and O–H groups in total. The number of aromatic nitrogens is 1. The number of aliphatic hydroxyl groups excluding tert-OH is 1. The van der Waals surface area contributed by atoms with Gasteiger partial charge in [0.05, 0.1) is 11.7 Å². The highest BCUT2D eigenvalue weighted by Gasteiger charge is 2.30. The third-order valence-corrected chi connectivity index (χ3v) is 3.13. The normalized spacial score (nSPS) is 13.2. The molecule has 0 spiro atoms. The largest absolute Gasteiger partial charge is 0.416 e. The van der Waals surface area contributed by atoms with Crippen molar-refractivity contribution in [1.82, 2.24) is 4.98 Å². The van der Waals surface area contributed by atoms with Crippen LogP contribution in [0.5, 0.6) is 0 Å². The van der Waals surface area contributed by atoms with E-state index < -0.39 is 17.8 Å². The third-order valence-electron chi connectivity index (χ3n) is 3.13. The molecule has 0 aliphatic carbocycles. The molecule has 5 heteroatoms. The van der Waals surface area contributed by atoms with Crippen LogP contribution in [0.4, 0.5) is 13.2 Å². The van der Waals surface area contributed by atoms with Crippen molar-refractivity contribution in [3.63, 3.8) is 0 Å². The number of hydrogen-bond donors (Lipinski definition) is 1. The summed E-state index contributed by atoms with van der Waals surface area (Å²) in [6, 6.07) is 8.22. The van der Waals surface area contributed by atoms with Gasteiger partial charge in [-0.2, -0.15) is 13.2 Å². The number of nitrogens with zero attached hydrogens (tertiary/aromatic N) is 1. The van der Waals surface area contributed by atoms with Gasteiger partial charge in [-0.1, -0.05) is 18.2 Å². The lowest BCUT2D eigenvalue weighted by Gasteiger charge is -2.13. The van der Waals surface area contributed by atoms with E-state index in [0.717, 1.165) is 23.4 Å². The summed E-state index contributed by atoms with van der Waals surface area (Å²) in [4.78, 5) is 4.16. The van der Waals surface area contributed by atoms with Gasteiger partial charge in [-0.25, -0.2) is 0 Å². The highest BCUT2D eigenvalue weighted by molar-refractivity contribution is 5.28. The summed E-state index contributed by atoms with van der Waals surface area (Å²) in [5.74, 6) is 0. The first-order valence-electron chi connectivity index (χ1n) is 6.13. The van der Waals surface area contributed by atoms with Crippen LogP contribution in [0.25, 0.3) is 0 Å².